The molecule has 0 bridgehead atoms. The number of rotatable bonds is 20. The molecule has 0 saturated heterocycles. The van der Waals surface area contributed by atoms with Crippen molar-refractivity contribution < 1.29 is 71.2 Å². The molecule has 10 nitrogen and oxygen atoms in total. The van der Waals surface area contributed by atoms with Crippen LogP contribution in [0.5, 0.6) is 28.7 Å². The molecule has 5 aliphatic carbocycles. The van der Waals surface area contributed by atoms with Gasteiger partial charge in [-0.1, -0.05) is 220 Å². The molecule has 0 N–H and O–H groups in total. The Labute approximate surface area is 672 Å². The van der Waals surface area contributed by atoms with Crippen LogP contribution in [0.4, 0.5) is 23.5 Å². The van der Waals surface area contributed by atoms with Gasteiger partial charge in [-0.25, -0.2) is 0 Å². The molecule has 5 saturated carbocycles. The third kappa shape index (κ3) is 34.6. The quantitative estimate of drug-likeness (QED) is 0.0421. The Bertz CT molecular complexity index is 2870. The van der Waals surface area contributed by atoms with Gasteiger partial charge in [0.25, 0.3) is 0 Å². The van der Waals surface area contributed by atoms with Crippen molar-refractivity contribution in [2.24, 2.45) is 59.2 Å². The van der Waals surface area contributed by atoms with Gasteiger partial charge in [-0.2, -0.15) is 0 Å². The fourth-order valence-electron chi connectivity index (χ4n) is 14.2. The Morgan fingerprint density at radius 3 is 0.514 bits per heavy atom. The van der Waals surface area contributed by atoms with Crippen LogP contribution in [0.15, 0.2) is 115 Å². The molecule has 5 aliphatic rings. The first-order valence-corrected chi connectivity index (χ1v) is 40.3. The van der Waals surface area contributed by atoms with Gasteiger partial charge in [0.1, 0.15) is 28.7 Å². The average molecular weight is 1660 g/mol. The second-order valence-corrected chi connectivity index (χ2v) is 31.8. The van der Waals surface area contributed by atoms with Crippen LogP contribution in [0.3, 0.4) is 0 Å². The summed E-state index contributed by atoms with van der Waals surface area (Å²) >= 11 is 54.8. The first-order chi connectivity index (χ1) is 48.0. The van der Waals surface area contributed by atoms with Gasteiger partial charge in [0.15, 0.2) is 0 Å². The van der Waals surface area contributed by atoms with Crippen LogP contribution in [-0.2, 0) is 24.0 Å². The minimum absolute atomic E-state index is 0. The van der Waals surface area contributed by atoms with Crippen LogP contribution in [0.25, 0.3) is 0 Å². The zero-order chi connectivity index (χ0) is 72.7. The number of halogens is 10. The maximum atomic E-state index is 12.1. The molecule has 0 spiro atoms. The minimum atomic E-state index is -0.131. The highest BCUT2D eigenvalue weighted by atomic mass is 35.5. The zero-order valence-corrected chi connectivity index (χ0v) is 68.6. The maximum absolute atomic E-state index is 12.1. The van der Waals surface area contributed by atoms with Crippen LogP contribution in [0.2, 0.25) is 25.1 Å². The summed E-state index contributed by atoms with van der Waals surface area (Å²) in [7, 11) is 0. The monoisotopic (exact) mass is 1660 g/mol. The number of carbonyl (C=O) groups is 5. The summed E-state index contributed by atoms with van der Waals surface area (Å²) in [6.07, 6.45) is 33.3. The number of esters is 5. The molecule has 105 heavy (non-hydrogen) atoms. The molecule has 5 aromatic carbocycles. The Morgan fingerprint density at radius 1 is 0.267 bits per heavy atom. The summed E-state index contributed by atoms with van der Waals surface area (Å²) in [5, 5.41) is 2.28. The van der Waals surface area contributed by atoms with Crippen molar-refractivity contribution in [2.45, 2.75) is 252 Å². The van der Waals surface area contributed by atoms with E-state index < -0.39 is 0 Å². The van der Waals surface area contributed by atoms with Crippen molar-refractivity contribution in [1.82, 2.24) is 0 Å². The summed E-state index contributed by atoms with van der Waals surface area (Å²) in [5.41, 5.74) is 0. The molecule has 0 aliphatic heterocycles. The van der Waals surface area contributed by atoms with Gasteiger partial charge in [-0.05, 0) is 219 Å². The van der Waals surface area contributed by atoms with E-state index in [-0.39, 0.29) is 83.0 Å². The molecule has 0 amide bonds. The lowest BCUT2D eigenvalue weighted by Crippen LogP contribution is -2.25. The van der Waals surface area contributed by atoms with Crippen LogP contribution >= 0.6 is 121 Å². The van der Waals surface area contributed by atoms with Crippen molar-refractivity contribution in [3.63, 3.8) is 0 Å². The third-order valence-electron chi connectivity index (χ3n) is 20.0. The van der Waals surface area contributed by atoms with Crippen molar-refractivity contribution in [1.29, 1.82) is 0 Å². The SMILES string of the molecule is CCCC1CCC(C(=O)Oc2ccc([S])c(Cl)c2)CC1.CCCC1CCC(C(=O)Oc2ccc([S])c(Cl)c2)CC1.CCCC1CCC(C(=O)Oc2ccc([S])c(Cl)c2)CC1.CCCC1CCC(C(=O)Oc2ccc([S])c(Cl)c2)CC1.CCCC1CCC(C(=O)Oc2ccc([S])c(Cl)c2)CC1.F.F.F.F.F. The normalized spacial score (nSPS) is 21.4. The van der Waals surface area contributed by atoms with E-state index in [9.17, 15) is 24.0 Å². The molecule has 5 fully saturated rings. The highest BCUT2D eigenvalue weighted by Gasteiger charge is 2.32. The van der Waals surface area contributed by atoms with Gasteiger partial charge in [-0.15, -0.1) is 0 Å². The van der Waals surface area contributed by atoms with Crippen molar-refractivity contribution in [3.05, 3.63) is 116 Å². The average Bonchev–Trinajstić information content (AvgIpc) is 0.875. The number of benzene rings is 5. The summed E-state index contributed by atoms with van der Waals surface area (Å²) in [4.78, 5) is 63.6. The van der Waals surface area contributed by atoms with Crippen molar-refractivity contribution in [2.75, 3.05) is 0 Å². The van der Waals surface area contributed by atoms with Gasteiger partial charge in [-0.3, -0.25) is 47.5 Å². The van der Waals surface area contributed by atoms with E-state index >= 15 is 0 Å². The molecule has 25 heteroatoms. The van der Waals surface area contributed by atoms with Gasteiger partial charge < -0.3 is 23.7 Å². The lowest BCUT2D eigenvalue weighted by atomic mass is 9.80. The molecule has 0 heterocycles. The van der Waals surface area contributed by atoms with E-state index in [1.807, 2.05) is 0 Å². The van der Waals surface area contributed by atoms with Crippen LogP contribution in [0.1, 0.15) is 227 Å². The van der Waals surface area contributed by atoms with E-state index in [0.717, 1.165) is 158 Å². The van der Waals surface area contributed by atoms with E-state index in [2.05, 4.69) is 34.6 Å². The maximum Gasteiger partial charge on any atom is 0.314 e. The standard InChI is InChI=1S/5C16H20ClO2S.5FH/c5*1-2-3-11-4-6-12(7-5-11)16(18)19-13-8-9-15(20)14(17)10-13;;;;;/h5*8-12H,2-7H2,1H3;5*1H. The summed E-state index contributed by atoms with van der Waals surface area (Å²) < 4.78 is 27.1. The summed E-state index contributed by atoms with van der Waals surface area (Å²) in [6, 6.07) is 25.1. The topological polar surface area (TPSA) is 132 Å². The number of hydrogen-bond donors (Lipinski definition) is 0. The summed E-state index contributed by atoms with van der Waals surface area (Å²) in [6.45, 7) is 11.1. The van der Waals surface area contributed by atoms with Crippen LogP contribution < -0.4 is 23.7 Å². The molecule has 5 radical (unpaired) electrons. The minimum Gasteiger partial charge on any atom is -0.426 e. The molecule has 0 unspecified atom stereocenters. The molecule has 0 aromatic heterocycles. The largest absolute Gasteiger partial charge is 0.426 e. The lowest BCUT2D eigenvalue weighted by Gasteiger charge is -2.26. The van der Waals surface area contributed by atoms with E-state index in [0.29, 0.717) is 78.3 Å². The molecule has 10 rings (SSSR count). The second-order valence-electron chi connectivity index (χ2n) is 27.6. The van der Waals surface area contributed by atoms with E-state index in [1.165, 1.54) is 64.2 Å². The van der Waals surface area contributed by atoms with E-state index in [1.54, 1.807) is 91.0 Å². The fourth-order valence-corrected chi connectivity index (χ4v) is 15.7. The van der Waals surface area contributed by atoms with Crippen molar-refractivity contribution in [3.8, 4) is 28.7 Å². The first kappa shape index (κ1) is 98.7. The third-order valence-corrected chi connectivity index (χ3v) is 23.9. The second kappa shape index (κ2) is 52.7. The molecule has 0 atom stereocenters. The van der Waals surface area contributed by atoms with Crippen LogP contribution in [-0.4, -0.2) is 29.8 Å². The molecular weight excluding hydrogens is 1550 g/mol. The molecule has 585 valence electrons. The molecular formula is C80H105Cl5F5O10S5. The van der Waals surface area contributed by atoms with Gasteiger partial charge in [0, 0.05) is 30.3 Å². The Morgan fingerprint density at radius 2 is 0.400 bits per heavy atom. The van der Waals surface area contributed by atoms with Crippen molar-refractivity contribution >= 4 is 151 Å². The number of hydrogen-bond acceptors (Lipinski definition) is 10. The highest BCUT2D eigenvalue weighted by Crippen LogP contribution is 2.39. The van der Waals surface area contributed by atoms with Crippen LogP contribution in [0, 0.1) is 59.2 Å². The number of ether oxygens (including phenoxy) is 5. The summed E-state index contributed by atoms with van der Waals surface area (Å²) in [5.74, 6) is 5.90. The smallest absolute Gasteiger partial charge is 0.314 e. The lowest BCUT2D eigenvalue weighted by molar-refractivity contribution is -0.141. The van der Waals surface area contributed by atoms with Gasteiger partial charge in [0.2, 0.25) is 0 Å². The highest BCUT2D eigenvalue weighted by molar-refractivity contribution is 7.81. The number of carbonyl (C=O) groups excluding carboxylic acids is 5. The predicted octanol–water partition coefficient (Wildman–Crippen LogP) is 27.8. The van der Waals surface area contributed by atoms with E-state index in [4.69, 9.17) is 145 Å². The first-order valence-electron chi connectivity index (χ1n) is 36.4. The van der Waals surface area contributed by atoms with Gasteiger partial charge >= 0.3 is 29.8 Å². The van der Waals surface area contributed by atoms with Gasteiger partial charge in [0.05, 0.1) is 79.2 Å². The Hall–Kier alpha value is -4.35. The Kier molecular flexibility index (Phi) is 49.5. The molecule has 5 aromatic rings. The zero-order valence-electron chi connectivity index (χ0n) is 60.7. The Balaban J connectivity index is 0.000000649. The fraction of sp³-hybridized carbons (Fsp3) is 0.562. The predicted molar refractivity (Wildman–Crippen MR) is 429 cm³/mol.